The minimum Gasteiger partial charge on any atom is -0.508 e. The van der Waals surface area contributed by atoms with Gasteiger partial charge < -0.3 is 19.6 Å². The maximum atomic E-state index is 13.2. The van der Waals surface area contributed by atoms with E-state index in [1.807, 2.05) is 0 Å². The number of hydrogen-bond donors (Lipinski definition) is 1. The molecule has 0 aliphatic carbocycles. The van der Waals surface area contributed by atoms with Gasteiger partial charge in [0.1, 0.15) is 30.0 Å². The number of rotatable bonds is 4. The number of nitrogens with zero attached hydrogens (tertiary/aromatic N) is 3. The molecule has 2 aromatic rings. The summed E-state index contributed by atoms with van der Waals surface area (Å²) in [5.74, 6) is 6.80. The minimum atomic E-state index is -4.50. The zero-order chi connectivity index (χ0) is 20.9. The summed E-state index contributed by atoms with van der Waals surface area (Å²) in [5, 5.41) is 9.21. The molecule has 1 saturated heterocycles. The number of phenolic OH excluding ortho intramolecular Hbond substituents is 1. The number of anilines is 1. The number of ether oxygens (including phenoxy) is 1. The van der Waals surface area contributed by atoms with Gasteiger partial charge in [-0.15, -0.1) is 0 Å². The highest BCUT2D eigenvalue weighted by Gasteiger charge is 2.46. The van der Waals surface area contributed by atoms with E-state index in [2.05, 4.69) is 16.8 Å². The molecule has 9 heteroatoms. The van der Waals surface area contributed by atoms with E-state index >= 15 is 0 Å². The zero-order valence-corrected chi connectivity index (χ0v) is 15.3. The van der Waals surface area contributed by atoms with E-state index < -0.39 is 12.2 Å². The van der Waals surface area contributed by atoms with Crippen LogP contribution in [-0.2, 0) is 4.79 Å². The first kappa shape index (κ1) is 20.3. The lowest BCUT2D eigenvalue weighted by molar-refractivity contribution is -0.185. The highest BCUT2D eigenvalue weighted by Crippen LogP contribution is 2.28. The molecule has 0 spiro atoms. The van der Waals surface area contributed by atoms with Crippen LogP contribution in [0.15, 0.2) is 42.6 Å². The van der Waals surface area contributed by atoms with E-state index in [-0.39, 0.29) is 38.4 Å². The number of phenols is 1. The Labute approximate surface area is 165 Å². The summed E-state index contributed by atoms with van der Waals surface area (Å²) in [6.07, 6.45) is -2.78. The first-order chi connectivity index (χ1) is 13.9. The van der Waals surface area contributed by atoms with Gasteiger partial charge >= 0.3 is 6.18 Å². The van der Waals surface area contributed by atoms with Gasteiger partial charge in [0.05, 0.1) is 0 Å². The molecule has 1 N–H and O–H groups in total. The molecule has 1 atom stereocenters. The van der Waals surface area contributed by atoms with Crippen molar-refractivity contribution in [3.8, 4) is 23.3 Å². The van der Waals surface area contributed by atoms with Gasteiger partial charge in [0.25, 0.3) is 0 Å². The van der Waals surface area contributed by atoms with Gasteiger partial charge in [0, 0.05) is 31.4 Å². The van der Waals surface area contributed by atoms with Gasteiger partial charge in [0.2, 0.25) is 6.41 Å². The maximum Gasteiger partial charge on any atom is 0.410 e. The minimum absolute atomic E-state index is 0.0223. The molecule has 0 radical (unpaired) electrons. The first-order valence-electron chi connectivity index (χ1n) is 8.76. The zero-order valence-electron chi connectivity index (χ0n) is 15.3. The number of carbonyl (C=O) groups excluding carboxylic acids is 1. The highest BCUT2D eigenvalue weighted by atomic mass is 19.4. The number of halogens is 3. The summed E-state index contributed by atoms with van der Waals surface area (Å²) in [6, 6.07) is 7.66. The number of amides is 1. The van der Waals surface area contributed by atoms with Crippen molar-refractivity contribution < 1.29 is 27.8 Å². The lowest BCUT2D eigenvalue weighted by Gasteiger charge is -2.40. The summed E-state index contributed by atoms with van der Waals surface area (Å²) < 4.78 is 44.9. The van der Waals surface area contributed by atoms with Crippen molar-refractivity contribution in [3.05, 3.63) is 48.2 Å². The summed E-state index contributed by atoms with van der Waals surface area (Å²) in [4.78, 5) is 17.4. The molecule has 3 rings (SSSR count). The summed E-state index contributed by atoms with van der Waals surface area (Å²) >= 11 is 0. The van der Waals surface area contributed by atoms with Gasteiger partial charge in [0.15, 0.2) is 0 Å². The van der Waals surface area contributed by atoms with Crippen molar-refractivity contribution in [1.29, 1.82) is 0 Å². The fourth-order valence-electron chi connectivity index (χ4n) is 2.87. The predicted octanol–water partition coefficient (Wildman–Crippen LogP) is 2.43. The van der Waals surface area contributed by atoms with Gasteiger partial charge in [-0.2, -0.15) is 13.2 Å². The van der Waals surface area contributed by atoms with Crippen LogP contribution in [-0.4, -0.2) is 59.9 Å². The normalized spacial score (nSPS) is 16.7. The van der Waals surface area contributed by atoms with Crippen LogP contribution in [0.25, 0.3) is 0 Å². The summed E-state index contributed by atoms with van der Waals surface area (Å²) in [7, 11) is 0. The second-order valence-corrected chi connectivity index (χ2v) is 6.34. The summed E-state index contributed by atoms with van der Waals surface area (Å²) in [5.41, 5.74) is 0.599. The van der Waals surface area contributed by atoms with Crippen LogP contribution in [0, 0.1) is 11.8 Å². The lowest BCUT2D eigenvalue weighted by Crippen LogP contribution is -2.58. The third kappa shape index (κ3) is 5.31. The van der Waals surface area contributed by atoms with E-state index in [0.717, 1.165) is 4.90 Å². The van der Waals surface area contributed by atoms with Gasteiger partial charge in [-0.05, 0) is 36.4 Å². The number of aromatic nitrogens is 1. The smallest absolute Gasteiger partial charge is 0.410 e. The van der Waals surface area contributed by atoms with E-state index in [1.54, 1.807) is 24.3 Å². The number of benzene rings is 1. The Balaban J connectivity index is 1.59. The molecular formula is C20H18F3N3O3. The molecule has 29 heavy (non-hydrogen) atoms. The van der Waals surface area contributed by atoms with Crippen molar-refractivity contribution in [2.24, 2.45) is 0 Å². The van der Waals surface area contributed by atoms with Crippen molar-refractivity contribution in [3.63, 3.8) is 0 Å². The van der Waals surface area contributed by atoms with Gasteiger partial charge in [-0.1, -0.05) is 11.8 Å². The molecule has 1 amide bonds. The largest absolute Gasteiger partial charge is 0.508 e. The van der Waals surface area contributed by atoms with Crippen LogP contribution in [0.1, 0.15) is 5.56 Å². The Morgan fingerprint density at radius 2 is 1.97 bits per heavy atom. The fourth-order valence-corrected chi connectivity index (χ4v) is 2.87. The van der Waals surface area contributed by atoms with Crippen molar-refractivity contribution in [2.75, 3.05) is 31.1 Å². The number of hydrogen-bond acceptors (Lipinski definition) is 5. The van der Waals surface area contributed by atoms with Gasteiger partial charge in [-0.25, -0.2) is 4.98 Å². The molecule has 1 unspecified atom stereocenters. The van der Waals surface area contributed by atoms with Crippen molar-refractivity contribution >= 4 is 12.2 Å². The first-order valence-corrected chi connectivity index (χ1v) is 8.76. The van der Waals surface area contributed by atoms with Crippen LogP contribution in [0.5, 0.6) is 11.5 Å². The average Bonchev–Trinajstić information content (AvgIpc) is 2.72. The van der Waals surface area contributed by atoms with Crippen LogP contribution in [0.2, 0.25) is 0 Å². The fraction of sp³-hybridized carbons (Fsp3) is 0.300. The van der Waals surface area contributed by atoms with Crippen molar-refractivity contribution in [1.82, 2.24) is 9.88 Å². The molecule has 1 aromatic heterocycles. The number of carbonyl (C=O) groups is 1. The molecule has 152 valence electrons. The third-order valence-electron chi connectivity index (χ3n) is 4.39. The Bertz CT molecular complexity index is 890. The number of alkyl halides is 3. The second-order valence-electron chi connectivity index (χ2n) is 6.34. The monoisotopic (exact) mass is 405 g/mol. The molecule has 0 saturated carbocycles. The maximum absolute atomic E-state index is 13.2. The summed E-state index contributed by atoms with van der Waals surface area (Å²) in [6.45, 7) is 0.0174. The van der Waals surface area contributed by atoms with Crippen LogP contribution in [0.3, 0.4) is 0 Å². The van der Waals surface area contributed by atoms with Crippen LogP contribution < -0.4 is 9.64 Å². The predicted molar refractivity (Wildman–Crippen MR) is 99.5 cm³/mol. The molecular weight excluding hydrogens is 387 g/mol. The Kier molecular flexibility index (Phi) is 6.12. The van der Waals surface area contributed by atoms with E-state index in [4.69, 9.17) is 4.74 Å². The SMILES string of the molecule is O=CN1CCN(c2ccc(C#CCOc3ccc(O)cc3)cn2)CC1C(F)(F)F. The quantitative estimate of drug-likeness (QED) is 0.625. The van der Waals surface area contributed by atoms with E-state index in [0.29, 0.717) is 17.1 Å². The Hall–Kier alpha value is -3.41. The highest BCUT2D eigenvalue weighted by molar-refractivity contribution is 5.51. The number of pyridine rings is 1. The molecule has 0 bridgehead atoms. The standard InChI is InChI=1S/C20H18F3N3O3/c21-20(22,23)18-13-25(9-10-26(18)14-27)19-8-3-15(12-24-19)2-1-11-29-17-6-4-16(28)5-7-17/h3-8,12,14,18,28H,9-11,13H2. The topological polar surface area (TPSA) is 65.9 Å². The number of piperazine rings is 1. The van der Waals surface area contributed by atoms with E-state index in [1.165, 1.54) is 23.2 Å². The average molecular weight is 405 g/mol. The molecule has 6 nitrogen and oxygen atoms in total. The number of aromatic hydroxyl groups is 1. The van der Waals surface area contributed by atoms with Crippen LogP contribution >= 0.6 is 0 Å². The van der Waals surface area contributed by atoms with Crippen molar-refractivity contribution in [2.45, 2.75) is 12.2 Å². The molecule has 1 fully saturated rings. The van der Waals surface area contributed by atoms with Crippen LogP contribution in [0.4, 0.5) is 19.0 Å². The van der Waals surface area contributed by atoms with Gasteiger partial charge in [-0.3, -0.25) is 4.79 Å². The third-order valence-corrected chi connectivity index (χ3v) is 4.39. The second kappa shape index (κ2) is 8.73. The Morgan fingerprint density at radius 3 is 2.59 bits per heavy atom. The van der Waals surface area contributed by atoms with E-state index in [9.17, 15) is 23.1 Å². The molecule has 1 aliphatic heterocycles. The lowest BCUT2D eigenvalue weighted by atomic mass is 10.1. The molecule has 1 aromatic carbocycles. The molecule has 2 heterocycles. The Morgan fingerprint density at radius 1 is 1.21 bits per heavy atom. The molecule has 1 aliphatic rings.